The van der Waals surface area contributed by atoms with Crippen LogP contribution in [-0.2, 0) is 6.54 Å². The fraction of sp³-hybridized carbons (Fsp3) is 0.0588. The van der Waals surface area contributed by atoms with Crippen molar-refractivity contribution in [3.63, 3.8) is 0 Å². The summed E-state index contributed by atoms with van der Waals surface area (Å²) in [7, 11) is 0. The maximum atomic E-state index is 13.6. The summed E-state index contributed by atoms with van der Waals surface area (Å²) < 4.78 is 39.7. The van der Waals surface area contributed by atoms with Crippen LogP contribution in [0, 0.1) is 17.5 Å². The molecule has 1 aromatic heterocycles. The van der Waals surface area contributed by atoms with Crippen LogP contribution < -0.4 is 5.32 Å². The van der Waals surface area contributed by atoms with Crippen molar-refractivity contribution in [2.75, 3.05) is 0 Å². The molecule has 128 valence electrons. The molecule has 8 heteroatoms. The zero-order valence-electron chi connectivity index (χ0n) is 12.6. The van der Waals surface area contributed by atoms with Crippen LogP contribution in [0.5, 0.6) is 5.75 Å². The quantitative estimate of drug-likeness (QED) is 0.691. The van der Waals surface area contributed by atoms with Gasteiger partial charge in [-0.05, 0) is 36.4 Å². The van der Waals surface area contributed by atoms with E-state index in [9.17, 15) is 23.1 Å². The number of halogens is 3. The molecule has 0 saturated heterocycles. The number of amides is 1. The summed E-state index contributed by atoms with van der Waals surface area (Å²) in [5.74, 6) is -5.29. The molecule has 0 bridgehead atoms. The Bertz CT molecular complexity index is 926. The first-order valence-electron chi connectivity index (χ1n) is 7.11. The van der Waals surface area contributed by atoms with E-state index in [2.05, 4.69) is 10.3 Å². The van der Waals surface area contributed by atoms with Crippen LogP contribution in [0.1, 0.15) is 15.4 Å². The summed E-state index contributed by atoms with van der Waals surface area (Å²) in [5, 5.41) is 14.0. The number of thiazole rings is 1. The van der Waals surface area contributed by atoms with Crippen molar-refractivity contribution < 1.29 is 23.1 Å². The minimum atomic E-state index is -1.68. The number of hydrogen-bond donors (Lipinski definition) is 2. The van der Waals surface area contributed by atoms with Gasteiger partial charge in [0.1, 0.15) is 10.8 Å². The standard InChI is InChI=1S/C17H11F3N2O2S/c18-12-6-5-11(15(19)16(12)20)17(24)21-7-14-22-13(8-25-14)9-1-3-10(23)4-2-9/h1-6,8,23H,7H2,(H,21,24). The highest BCUT2D eigenvalue weighted by Gasteiger charge is 2.18. The Morgan fingerprint density at radius 2 is 1.80 bits per heavy atom. The predicted octanol–water partition coefficient (Wildman–Crippen LogP) is 3.86. The molecule has 0 radical (unpaired) electrons. The van der Waals surface area contributed by atoms with Gasteiger partial charge in [0.25, 0.3) is 5.91 Å². The largest absolute Gasteiger partial charge is 0.508 e. The number of phenols is 1. The molecular weight excluding hydrogens is 353 g/mol. The van der Waals surface area contributed by atoms with Crippen molar-refractivity contribution in [1.82, 2.24) is 10.3 Å². The van der Waals surface area contributed by atoms with Gasteiger partial charge in [-0.2, -0.15) is 0 Å². The summed E-state index contributed by atoms with van der Waals surface area (Å²) in [6.07, 6.45) is 0. The molecule has 0 atom stereocenters. The van der Waals surface area contributed by atoms with Gasteiger partial charge < -0.3 is 10.4 Å². The summed E-state index contributed by atoms with van der Waals surface area (Å²) in [5.41, 5.74) is 0.876. The zero-order valence-corrected chi connectivity index (χ0v) is 13.4. The molecule has 3 aromatic rings. The van der Waals surface area contributed by atoms with Crippen LogP contribution >= 0.6 is 11.3 Å². The predicted molar refractivity (Wildman–Crippen MR) is 86.7 cm³/mol. The molecular formula is C17H11F3N2O2S. The van der Waals surface area contributed by atoms with Crippen LogP contribution in [0.4, 0.5) is 13.2 Å². The molecule has 2 N–H and O–H groups in total. The van der Waals surface area contributed by atoms with Gasteiger partial charge in [-0.3, -0.25) is 4.79 Å². The fourth-order valence-electron chi connectivity index (χ4n) is 2.11. The molecule has 2 aromatic carbocycles. The number of nitrogens with one attached hydrogen (secondary N) is 1. The summed E-state index contributed by atoms with van der Waals surface area (Å²) in [6, 6.07) is 8.03. The number of carbonyl (C=O) groups is 1. The highest BCUT2D eigenvalue weighted by Crippen LogP contribution is 2.24. The van der Waals surface area contributed by atoms with E-state index in [-0.39, 0.29) is 12.3 Å². The van der Waals surface area contributed by atoms with Gasteiger partial charge >= 0.3 is 0 Å². The average Bonchev–Trinajstić information content (AvgIpc) is 3.07. The van der Waals surface area contributed by atoms with E-state index in [0.29, 0.717) is 16.8 Å². The van der Waals surface area contributed by atoms with Crippen molar-refractivity contribution in [2.45, 2.75) is 6.54 Å². The second kappa shape index (κ2) is 6.94. The number of benzene rings is 2. The van der Waals surface area contributed by atoms with Crippen molar-refractivity contribution in [2.24, 2.45) is 0 Å². The van der Waals surface area contributed by atoms with E-state index in [4.69, 9.17) is 0 Å². The number of phenolic OH excluding ortho intramolecular Hbond substituents is 1. The number of aromatic nitrogens is 1. The van der Waals surface area contributed by atoms with Crippen LogP contribution in [0.2, 0.25) is 0 Å². The lowest BCUT2D eigenvalue weighted by Gasteiger charge is -2.05. The first-order chi connectivity index (χ1) is 12.0. The lowest BCUT2D eigenvalue weighted by Crippen LogP contribution is -2.24. The number of rotatable bonds is 4. The number of hydrogen-bond acceptors (Lipinski definition) is 4. The summed E-state index contributed by atoms with van der Waals surface area (Å²) in [6.45, 7) is 0.0139. The van der Waals surface area contributed by atoms with Gasteiger partial charge in [-0.25, -0.2) is 18.2 Å². The van der Waals surface area contributed by atoms with Crippen molar-refractivity contribution in [1.29, 1.82) is 0 Å². The minimum Gasteiger partial charge on any atom is -0.508 e. The van der Waals surface area contributed by atoms with E-state index < -0.39 is 28.9 Å². The van der Waals surface area contributed by atoms with Crippen molar-refractivity contribution in [3.8, 4) is 17.0 Å². The van der Waals surface area contributed by atoms with Crippen LogP contribution in [0.25, 0.3) is 11.3 Å². The number of carbonyl (C=O) groups excluding carboxylic acids is 1. The SMILES string of the molecule is O=C(NCc1nc(-c2ccc(O)cc2)cs1)c1ccc(F)c(F)c1F. The monoisotopic (exact) mass is 364 g/mol. The smallest absolute Gasteiger partial charge is 0.254 e. The van der Waals surface area contributed by atoms with Crippen LogP contribution in [0.3, 0.4) is 0 Å². The molecule has 0 aliphatic heterocycles. The van der Waals surface area contributed by atoms with Gasteiger partial charge in [0.2, 0.25) is 0 Å². The maximum Gasteiger partial charge on any atom is 0.254 e. The second-order valence-corrected chi connectivity index (χ2v) is 6.02. The van der Waals surface area contributed by atoms with E-state index in [1.165, 1.54) is 23.5 Å². The highest BCUT2D eigenvalue weighted by atomic mass is 32.1. The third kappa shape index (κ3) is 3.63. The molecule has 0 aliphatic rings. The Balaban J connectivity index is 1.69. The Kier molecular flexibility index (Phi) is 4.71. The number of nitrogens with zero attached hydrogens (tertiary/aromatic N) is 1. The Hall–Kier alpha value is -2.87. The Morgan fingerprint density at radius 1 is 1.08 bits per heavy atom. The van der Waals surface area contributed by atoms with E-state index in [1.807, 2.05) is 0 Å². The third-order valence-electron chi connectivity index (χ3n) is 3.39. The van der Waals surface area contributed by atoms with Crippen LogP contribution in [-0.4, -0.2) is 16.0 Å². The van der Waals surface area contributed by atoms with E-state index in [0.717, 1.165) is 11.6 Å². The zero-order chi connectivity index (χ0) is 18.0. The fourth-order valence-corrected chi connectivity index (χ4v) is 2.85. The van der Waals surface area contributed by atoms with Gasteiger partial charge in [-0.15, -0.1) is 11.3 Å². The molecule has 0 saturated carbocycles. The van der Waals surface area contributed by atoms with E-state index >= 15 is 0 Å². The Morgan fingerprint density at radius 3 is 2.52 bits per heavy atom. The molecule has 0 spiro atoms. The van der Waals surface area contributed by atoms with Gasteiger partial charge in [0, 0.05) is 10.9 Å². The molecule has 0 aliphatic carbocycles. The highest BCUT2D eigenvalue weighted by molar-refractivity contribution is 7.09. The van der Waals surface area contributed by atoms with Crippen LogP contribution in [0.15, 0.2) is 41.8 Å². The van der Waals surface area contributed by atoms with Crippen molar-refractivity contribution in [3.05, 3.63) is 69.8 Å². The molecule has 4 nitrogen and oxygen atoms in total. The minimum absolute atomic E-state index is 0.0139. The van der Waals surface area contributed by atoms with Gasteiger partial charge in [-0.1, -0.05) is 0 Å². The molecule has 0 fully saturated rings. The first-order valence-corrected chi connectivity index (χ1v) is 7.99. The molecule has 3 rings (SSSR count). The maximum absolute atomic E-state index is 13.6. The third-order valence-corrected chi connectivity index (χ3v) is 4.24. The van der Waals surface area contributed by atoms with Crippen molar-refractivity contribution >= 4 is 17.2 Å². The second-order valence-electron chi connectivity index (χ2n) is 5.08. The molecule has 25 heavy (non-hydrogen) atoms. The summed E-state index contributed by atoms with van der Waals surface area (Å²) >= 11 is 1.28. The molecule has 0 unspecified atom stereocenters. The average molecular weight is 364 g/mol. The molecule has 1 heterocycles. The number of aromatic hydroxyl groups is 1. The van der Waals surface area contributed by atoms with Gasteiger partial charge in [0.05, 0.1) is 17.8 Å². The lowest BCUT2D eigenvalue weighted by atomic mass is 10.2. The Labute approximate surface area is 144 Å². The normalized spacial score (nSPS) is 10.7. The summed E-state index contributed by atoms with van der Waals surface area (Å²) in [4.78, 5) is 16.2. The van der Waals surface area contributed by atoms with E-state index in [1.54, 1.807) is 17.5 Å². The topological polar surface area (TPSA) is 62.2 Å². The first kappa shape index (κ1) is 17.0. The van der Waals surface area contributed by atoms with Gasteiger partial charge in [0.15, 0.2) is 17.5 Å². The molecule has 1 amide bonds. The lowest BCUT2D eigenvalue weighted by molar-refractivity contribution is 0.0945.